The van der Waals surface area contributed by atoms with Gasteiger partial charge >= 0.3 is 0 Å². The lowest BCUT2D eigenvalue weighted by Gasteiger charge is -2.03. The van der Waals surface area contributed by atoms with Crippen LogP contribution in [0.5, 0.6) is 5.95 Å². The van der Waals surface area contributed by atoms with Gasteiger partial charge in [-0.1, -0.05) is 36.4 Å². The van der Waals surface area contributed by atoms with Crippen LogP contribution in [0, 0.1) is 11.3 Å². The highest BCUT2D eigenvalue weighted by Gasteiger charge is 2.06. The normalized spacial score (nSPS) is 10.3. The summed E-state index contributed by atoms with van der Waals surface area (Å²) in [7, 11) is 0. The number of nitrogens with zero attached hydrogens (tertiary/aromatic N) is 1. The Hall–Kier alpha value is -2.73. The van der Waals surface area contributed by atoms with E-state index in [0.29, 0.717) is 18.1 Å². The highest BCUT2D eigenvalue weighted by molar-refractivity contribution is 5.78. The lowest BCUT2D eigenvalue weighted by atomic mass is 10.1. The number of ether oxygens (including phenoxy) is 1. The van der Waals surface area contributed by atoms with Crippen LogP contribution in [-0.4, -0.2) is 0 Å². The lowest BCUT2D eigenvalue weighted by Crippen LogP contribution is -1.97. The van der Waals surface area contributed by atoms with E-state index >= 15 is 0 Å². The van der Waals surface area contributed by atoms with E-state index in [1.54, 1.807) is 6.07 Å². The molecule has 1 heterocycles. The van der Waals surface area contributed by atoms with E-state index in [-0.39, 0.29) is 0 Å². The zero-order valence-corrected chi connectivity index (χ0v) is 10.2. The largest absolute Gasteiger partial charge is 0.460 e. The van der Waals surface area contributed by atoms with Gasteiger partial charge in [0.1, 0.15) is 12.2 Å². The van der Waals surface area contributed by atoms with Gasteiger partial charge in [0.05, 0.1) is 11.6 Å². The monoisotopic (exact) mass is 249 g/mol. The van der Waals surface area contributed by atoms with Gasteiger partial charge in [-0.3, -0.25) is 0 Å². The summed E-state index contributed by atoms with van der Waals surface area (Å²) in [6.07, 6.45) is 0. The van der Waals surface area contributed by atoms with Gasteiger partial charge in [0.15, 0.2) is 0 Å². The minimum Gasteiger partial charge on any atom is -0.460 e. The van der Waals surface area contributed by atoms with E-state index in [4.69, 9.17) is 14.4 Å². The summed E-state index contributed by atoms with van der Waals surface area (Å²) in [6.45, 7) is 0.323. The lowest BCUT2D eigenvalue weighted by molar-refractivity contribution is 0.239. The first-order chi connectivity index (χ1) is 9.36. The maximum Gasteiger partial charge on any atom is 0.285 e. The van der Waals surface area contributed by atoms with Crippen LogP contribution in [0.2, 0.25) is 0 Å². The van der Waals surface area contributed by atoms with E-state index in [1.807, 2.05) is 48.5 Å². The average molecular weight is 249 g/mol. The fourth-order valence-electron chi connectivity index (χ4n) is 1.93. The Bertz CT molecular complexity index is 720. The Balaban J connectivity index is 1.81. The molecule has 0 saturated carbocycles. The van der Waals surface area contributed by atoms with Crippen molar-refractivity contribution < 1.29 is 9.15 Å². The van der Waals surface area contributed by atoms with E-state index in [1.165, 1.54) is 0 Å². The van der Waals surface area contributed by atoms with E-state index in [9.17, 15) is 0 Å². The molecule has 0 atom stereocenters. The van der Waals surface area contributed by atoms with Crippen molar-refractivity contribution in [2.24, 2.45) is 0 Å². The second kappa shape index (κ2) is 4.87. The number of benzene rings is 2. The van der Waals surface area contributed by atoms with Crippen LogP contribution >= 0.6 is 0 Å². The molecule has 0 aliphatic heterocycles. The maximum atomic E-state index is 9.00. The number of fused-ring (bicyclic) bond motifs is 1. The van der Waals surface area contributed by atoms with Crippen molar-refractivity contribution in [2.45, 2.75) is 6.61 Å². The van der Waals surface area contributed by atoms with Gasteiger partial charge in [0.2, 0.25) is 0 Å². The summed E-state index contributed by atoms with van der Waals surface area (Å²) in [4.78, 5) is 0. The van der Waals surface area contributed by atoms with Gasteiger partial charge in [-0.2, -0.15) is 5.26 Å². The number of furan rings is 1. The number of hydrogen-bond acceptors (Lipinski definition) is 3. The molecule has 0 aliphatic carbocycles. The molecule has 2 aromatic carbocycles. The molecule has 3 rings (SSSR count). The molecule has 0 N–H and O–H groups in total. The summed E-state index contributed by atoms with van der Waals surface area (Å²) < 4.78 is 11.2. The molecule has 0 amide bonds. The molecule has 19 heavy (non-hydrogen) atoms. The first-order valence-corrected chi connectivity index (χ1v) is 5.96. The predicted octanol–water partition coefficient (Wildman–Crippen LogP) is 3.88. The van der Waals surface area contributed by atoms with E-state index in [2.05, 4.69) is 6.07 Å². The van der Waals surface area contributed by atoms with Crippen molar-refractivity contribution in [3.63, 3.8) is 0 Å². The number of para-hydroxylation sites is 1. The first-order valence-electron chi connectivity index (χ1n) is 5.96. The molecule has 3 nitrogen and oxygen atoms in total. The van der Waals surface area contributed by atoms with Gasteiger partial charge in [-0.05, 0) is 12.1 Å². The minimum atomic E-state index is 0.323. The van der Waals surface area contributed by atoms with Gasteiger partial charge < -0.3 is 9.15 Å². The SMILES string of the molecule is N#Cc1ccccc1COc1cc2ccccc2o1. The van der Waals surface area contributed by atoms with Crippen molar-refractivity contribution in [1.29, 1.82) is 5.26 Å². The van der Waals surface area contributed by atoms with Crippen LogP contribution in [0.1, 0.15) is 11.1 Å². The maximum absolute atomic E-state index is 9.00. The summed E-state index contributed by atoms with van der Waals surface area (Å²) in [6, 6.07) is 19.1. The van der Waals surface area contributed by atoms with Crippen LogP contribution in [0.4, 0.5) is 0 Å². The second-order valence-corrected chi connectivity index (χ2v) is 4.16. The quantitative estimate of drug-likeness (QED) is 0.707. The van der Waals surface area contributed by atoms with E-state index in [0.717, 1.165) is 16.5 Å². The third-order valence-electron chi connectivity index (χ3n) is 2.91. The van der Waals surface area contributed by atoms with Gasteiger partial charge in [0, 0.05) is 17.0 Å². The van der Waals surface area contributed by atoms with Gasteiger partial charge in [-0.15, -0.1) is 0 Å². The molecule has 3 heteroatoms. The number of hydrogen-bond donors (Lipinski definition) is 0. The molecule has 0 spiro atoms. The Morgan fingerprint density at radius 2 is 1.84 bits per heavy atom. The molecule has 3 aromatic rings. The Labute approximate surface area is 110 Å². The molecule has 0 aliphatic rings. The van der Waals surface area contributed by atoms with Gasteiger partial charge in [0.25, 0.3) is 5.95 Å². The molecular weight excluding hydrogens is 238 g/mol. The molecule has 1 aromatic heterocycles. The molecule has 0 unspecified atom stereocenters. The highest BCUT2D eigenvalue weighted by atomic mass is 16.6. The summed E-state index contributed by atoms with van der Waals surface area (Å²) in [5.74, 6) is 0.467. The van der Waals surface area contributed by atoms with Crippen molar-refractivity contribution in [2.75, 3.05) is 0 Å². The Morgan fingerprint density at radius 1 is 1.05 bits per heavy atom. The topological polar surface area (TPSA) is 46.2 Å². The van der Waals surface area contributed by atoms with Gasteiger partial charge in [-0.25, -0.2) is 0 Å². The molecular formula is C16H11NO2. The molecule has 92 valence electrons. The summed E-state index contributed by atoms with van der Waals surface area (Å²) in [5.41, 5.74) is 2.27. The van der Waals surface area contributed by atoms with Crippen molar-refractivity contribution >= 4 is 11.0 Å². The fourth-order valence-corrected chi connectivity index (χ4v) is 1.93. The molecule has 0 bridgehead atoms. The van der Waals surface area contributed by atoms with Crippen LogP contribution in [0.25, 0.3) is 11.0 Å². The van der Waals surface area contributed by atoms with Crippen LogP contribution < -0.4 is 4.74 Å². The highest BCUT2D eigenvalue weighted by Crippen LogP contribution is 2.25. The van der Waals surface area contributed by atoms with Crippen molar-refractivity contribution in [1.82, 2.24) is 0 Å². The Morgan fingerprint density at radius 3 is 2.68 bits per heavy atom. The van der Waals surface area contributed by atoms with Crippen LogP contribution in [0.15, 0.2) is 59.0 Å². The predicted molar refractivity (Wildman–Crippen MR) is 71.7 cm³/mol. The van der Waals surface area contributed by atoms with Crippen LogP contribution in [-0.2, 0) is 6.61 Å². The number of nitriles is 1. The van der Waals surface area contributed by atoms with E-state index < -0.39 is 0 Å². The zero-order valence-electron chi connectivity index (χ0n) is 10.2. The zero-order chi connectivity index (χ0) is 13.1. The van der Waals surface area contributed by atoms with Crippen molar-refractivity contribution in [3.05, 3.63) is 65.7 Å². The molecule has 0 radical (unpaired) electrons. The number of rotatable bonds is 3. The summed E-state index contributed by atoms with van der Waals surface area (Å²) >= 11 is 0. The third-order valence-corrected chi connectivity index (χ3v) is 2.91. The van der Waals surface area contributed by atoms with Crippen molar-refractivity contribution in [3.8, 4) is 12.0 Å². The van der Waals surface area contributed by atoms with Crippen LogP contribution in [0.3, 0.4) is 0 Å². The third kappa shape index (κ3) is 2.29. The average Bonchev–Trinajstić information content (AvgIpc) is 2.88. The first kappa shape index (κ1) is 11.4. The fraction of sp³-hybridized carbons (Fsp3) is 0.0625. The Kier molecular flexibility index (Phi) is 2.91. The second-order valence-electron chi connectivity index (χ2n) is 4.16. The molecule has 0 fully saturated rings. The molecule has 0 saturated heterocycles. The summed E-state index contributed by atoms with van der Waals surface area (Å²) in [5, 5.41) is 10.0. The smallest absolute Gasteiger partial charge is 0.285 e. The minimum absolute atomic E-state index is 0.323. The standard InChI is InChI=1S/C16H11NO2/c17-10-13-6-1-2-7-14(13)11-18-16-9-12-5-3-4-8-15(12)19-16/h1-9H,11H2.